The van der Waals surface area contributed by atoms with E-state index in [-0.39, 0.29) is 11.8 Å². The van der Waals surface area contributed by atoms with E-state index >= 15 is 0 Å². The first-order valence-corrected chi connectivity index (χ1v) is 7.74. The number of furan rings is 1. The summed E-state index contributed by atoms with van der Waals surface area (Å²) in [5.41, 5.74) is 2.25. The van der Waals surface area contributed by atoms with E-state index in [1.807, 2.05) is 66.7 Å². The maximum absolute atomic E-state index is 10.8. The SMILES string of the molecule is Oc1c(C(Nc2ccccc2)c2ccco2)ccc2cccnc12. The van der Waals surface area contributed by atoms with E-state index in [9.17, 15) is 5.11 Å². The minimum Gasteiger partial charge on any atom is -0.505 e. The van der Waals surface area contributed by atoms with Crippen molar-refractivity contribution in [2.75, 3.05) is 5.32 Å². The molecule has 2 N–H and O–H groups in total. The first kappa shape index (κ1) is 14.3. The van der Waals surface area contributed by atoms with Gasteiger partial charge < -0.3 is 14.8 Å². The van der Waals surface area contributed by atoms with Crippen LogP contribution in [0.1, 0.15) is 17.4 Å². The highest BCUT2D eigenvalue weighted by molar-refractivity contribution is 5.85. The number of nitrogens with zero attached hydrogens (tertiary/aromatic N) is 1. The minimum atomic E-state index is -0.311. The lowest BCUT2D eigenvalue weighted by molar-refractivity contribution is 0.458. The molecule has 2 heterocycles. The van der Waals surface area contributed by atoms with Crippen LogP contribution in [-0.2, 0) is 0 Å². The van der Waals surface area contributed by atoms with Gasteiger partial charge in [0.15, 0.2) is 0 Å². The Bertz CT molecular complexity index is 950. The second-order valence-corrected chi connectivity index (χ2v) is 5.54. The molecule has 0 spiro atoms. The monoisotopic (exact) mass is 316 g/mol. The van der Waals surface area contributed by atoms with Crippen LogP contribution in [0, 0.1) is 0 Å². The number of pyridine rings is 1. The summed E-state index contributed by atoms with van der Waals surface area (Å²) in [5.74, 6) is 0.891. The fourth-order valence-electron chi connectivity index (χ4n) is 2.84. The number of hydrogen-bond acceptors (Lipinski definition) is 4. The lowest BCUT2D eigenvalue weighted by Crippen LogP contribution is -2.12. The lowest BCUT2D eigenvalue weighted by Gasteiger charge is -2.20. The number of aromatic hydroxyl groups is 1. The highest BCUT2D eigenvalue weighted by atomic mass is 16.3. The van der Waals surface area contributed by atoms with Gasteiger partial charge in [0, 0.05) is 22.8 Å². The average molecular weight is 316 g/mol. The van der Waals surface area contributed by atoms with Gasteiger partial charge in [-0.3, -0.25) is 4.98 Å². The quantitative estimate of drug-likeness (QED) is 0.571. The van der Waals surface area contributed by atoms with Crippen LogP contribution in [0.25, 0.3) is 10.9 Å². The van der Waals surface area contributed by atoms with Gasteiger partial charge in [-0.05, 0) is 30.3 Å². The first-order valence-electron chi connectivity index (χ1n) is 7.74. The van der Waals surface area contributed by atoms with E-state index < -0.39 is 0 Å². The molecule has 0 aliphatic heterocycles. The molecule has 2 aromatic carbocycles. The summed E-state index contributed by atoms with van der Waals surface area (Å²) in [6, 6.07) is 20.9. The van der Waals surface area contributed by atoms with Crippen molar-refractivity contribution in [3.8, 4) is 5.75 Å². The van der Waals surface area contributed by atoms with E-state index in [2.05, 4.69) is 10.3 Å². The molecule has 0 amide bonds. The Balaban J connectivity index is 1.83. The number of anilines is 1. The van der Waals surface area contributed by atoms with Crippen LogP contribution in [0.15, 0.2) is 83.6 Å². The molecule has 1 atom stereocenters. The molecule has 0 aliphatic rings. The number of para-hydroxylation sites is 1. The van der Waals surface area contributed by atoms with Crippen molar-refractivity contribution in [1.82, 2.24) is 4.98 Å². The number of benzene rings is 2. The molecule has 0 saturated heterocycles. The second-order valence-electron chi connectivity index (χ2n) is 5.54. The number of hydrogen-bond donors (Lipinski definition) is 2. The maximum Gasteiger partial charge on any atom is 0.147 e. The predicted molar refractivity (Wildman–Crippen MR) is 94.0 cm³/mol. The molecule has 4 nitrogen and oxygen atoms in total. The van der Waals surface area contributed by atoms with Crippen LogP contribution in [0.4, 0.5) is 5.69 Å². The predicted octanol–water partition coefficient (Wildman–Crippen LogP) is 4.73. The Morgan fingerprint density at radius 3 is 2.58 bits per heavy atom. The molecule has 4 heteroatoms. The highest BCUT2D eigenvalue weighted by Gasteiger charge is 2.22. The molecule has 0 saturated carbocycles. The first-order chi connectivity index (χ1) is 11.8. The molecule has 118 valence electrons. The third-order valence-electron chi connectivity index (χ3n) is 4.00. The van der Waals surface area contributed by atoms with E-state index in [1.165, 1.54) is 0 Å². The molecule has 24 heavy (non-hydrogen) atoms. The van der Waals surface area contributed by atoms with Gasteiger partial charge in [0.2, 0.25) is 0 Å². The van der Waals surface area contributed by atoms with Crippen molar-refractivity contribution in [2.45, 2.75) is 6.04 Å². The van der Waals surface area contributed by atoms with E-state index in [0.717, 1.165) is 22.4 Å². The number of nitrogens with one attached hydrogen (secondary N) is 1. The van der Waals surface area contributed by atoms with E-state index in [0.29, 0.717) is 5.52 Å². The van der Waals surface area contributed by atoms with Crippen molar-refractivity contribution >= 4 is 16.6 Å². The second kappa shape index (κ2) is 6.08. The van der Waals surface area contributed by atoms with E-state index in [1.54, 1.807) is 12.5 Å². The normalized spacial score (nSPS) is 12.2. The topological polar surface area (TPSA) is 58.3 Å². The summed E-state index contributed by atoms with van der Waals surface area (Å²) in [5, 5.41) is 15.1. The van der Waals surface area contributed by atoms with Gasteiger partial charge in [-0.15, -0.1) is 0 Å². The van der Waals surface area contributed by atoms with Crippen LogP contribution in [-0.4, -0.2) is 10.1 Å². The minimum absolute atomic E-state index is 0.165. The van der Waals surface area contributed by atoms with Gasteiger partial charge in [0.25, 0.3) is 0 Å². The summed E-state index contributed by atoms with van der Waals surface area (Å²) in [6.45, 7) is 0. The molecule has 0 fully saturated rings. The summed E-state index contributed by atoms with van der Waals surface area (Å²) >= 11 is 0. The summed E-state index contributed by atoms with van der Waals surface area (Å²) in [7, 11) is 0. The smallest absolute Gasteiger partial charge is 0.147 e. The Hall–Kier alpha value is -3.27. The van der Waals surface area contributed by atoms with Crippen LogP contribution in [0.2, 0.25) is 0 Å². The summed E-state index contributed by atoms with van der Waals surface area (Å²) in [4.78, 5) is 4.30. The van der Waals surface area contributed by atoms with Gasteiger partial charge in [-0.1, -0.05) is 36.4 Å². The third-order valence-corrected chi connectivity index (χ3v) is 4.00. The molecule has 4 aromatic rings. The van der Waals surface area contributed by atoms with Crippen molar-refractivity contribution in [3.05, 3.63) is 90.5 Å². The Kier molecular flexibility index (Phi) is 3.63. The maximum atomic E-state index is 10.8. The number of rotatable bonds is 4. The Morgan fingerprint density at radius 1 is 0.917 bits per heavy atom. The lowest BCUT2D eigenvalue weighted by atomic mass is 10.0. The molecular formula is C20H16N2O2. The number of phenolic OH excluding ortho intramolecular Hbond substituents is 1. The van der Waals surface area contributed by atoms with Gasteiger partial charge in [0.05, 0.1) is 6.26 Å². The van der Waals surface area contributed by atoms with Crippen molar-refractivity contribution in [1.29, 1.82) is 0 Å². The summed E-state index contributed by atoms with van der Waals surface area (Å²) in [6.07, 6.45) is 3.31. The van der Waals surface area contributed by atoms with Gasteiger partial charge in [0.1, 0.15) is 23.1 Å². The van der Waals surface area contributed by atoms with Crippen LogP contribution in [0.3, 0.4) is 0 Å². The number of aromatic nitrogens is 1. The molecule has 0 aliphatic carbocycles. The number of fused-ring (bicyclic) bond motifs is 1. The largest absolute Gasteiger partial charge is 0.505 e. The number of phenols is 1. The zero-order valence-electron chi connectivity index (χ0n) is 12.9. The molecule has 4 rings (SSSR count). The standard InChI is InChI=1S/C20H16N2O2/c23-20-16(11-10-14-6-4-12-21-18(14)20)19(17-9-5-13-24-17)22-15-7-2-1-3-8-15/h1-13,19,22-23H. The molecule has 2 aromatic heterocycles. The fourth-order valence-corrected chi connectivity index (χ4v) is 2.84. The molecular weight excluding hydrogens is 300 g/mol. The Morgan fingerprint density at radius 2 is 1.79 bits per heavy atom. The van der Waals surface area contributed by atoms with Crippen molar-refractivity contribution in [3.63, 3.8) is 0 Å². The van der Waals surface area contributed by atoms with Gasteiger partial charge >= 0.3 is 0 Å². The van der Waals surface area contributed by atoms with Gasteiger partial charge in [-0.2, -0.15) is 0 Å². The zero-order valence-corrected chi connectivity index (χ0v) is 12.9. The fraction of sp³-hybridized carbons (Fsp3) is 0.0500. The van der Waals surface area contributed by atoms with Crippen LogP contribution in [0.5, 0.6) is 5.75 Å². The van der Waals surface area contributed by atoms with E-state index in [4.69, 9.17) is 4.42 Å². The van der Waals surface area contributed by atoms with Crippen LogP contribution < -0.4 is 5.32 Å². The molecule has 1 unspecified atom stereocenters. The van der Waals surface area contributed by atoms with Crippen LogP contribution >= 0.6 is 0 Å². The average Bonchev–Trinajstić information content (AvgIpc) is 3.16. The third kappa shape index (κ3) is 2.58. The highest BCUT2D eigenvalue weighted by Crippen LogP contribution is 2.36. The Labute approximate surface area is 139 Å². The van der Waals surface area contributed by atoms with Crippen molar-refractivity contribution in [2.24, 2.45) is 0 Å². The van der Waals surface area contributed by atoms with Crippen molar-refractivity contribution < 1.29 is 9.52 Å². The summed E-state index contributed by atoms with van der Waals surface area (Å²) < 4.78 is 5.60. The molecule has 0 radical (unpaired) electrons. The van der Waals surface area contributed by atoms with Gasteiger partial charge in [-0.25, -0.2) is 0 Å². The molecule has 0 bridgehead atoms. The zero-order chi connectivity index (χ0) is 16.4.